The molecule has 39 heavy (non-hydrogen) atoms. The van der Waals surface area contributed by atoms with Crippen molar-refractivity contribution in [2.45, 2.75) is 44.3 Å². The average molecular weight is 581 g/mol. The number of carboxylic acid groups (broad SMARTS) is 3. The van der Waals surface area contributed by atoms with Crippen LogP contribution in [0, 0.1) is 0 Å². The van der Waals surface area contributed by atoms with E-state index in [4.69, 9.17) is 15.9 Å². The van der Waals surface area contributed by atoms with Crippen molar-refractivity contribution in [3.63, 3.8) is 0 Å². The largest absolute Gasteiger partial charge is 0.493 e. The SMILES string of the molecule is Nc1nc(O)c2c(CNc3ccc(C(=O)N[C@@H](CCC(=O)N[C@@H](CCC(=O)O)C(=O)O)C(=O)O)s3)csc2n1. The Hall–Kier alpha value is -4.51. The lowest BCUT2D eigenvalue weighted by atomic mass is 10.1. The molecule has 0 fully saturated rings. The van der Waals surface area contributed by atoms with Gasteiger partial charge in [-0.15, -0.1) is 22.7 Å². The van der Waals surface area contributed by atoms with Crippen molar-refractivity contribution in [3.8, 4) is 5.88 Å². The fourth-order valence-corrected chi connectivity index (χ4v) is 5.16. The molecule has 0 saturated carbocycles. The maximum atomic E-state index is 12.6. The van der Waals surface area contributed by atoms with Gasteiger partial charge < -0.3 is 42.1 Å². The summed E-state index contributed by atoms with van der Waals surface area (Å²) in [6, 6.07) is 0.234. The number of amides is 2. The molecule has 0 saturated heterocycles. The maximum Gasteiger partial charge on any atom is 0.326 e. The van der Waals surface area contributed by atoms with Crippen molar-refractivity contribution in [2.75, 3.05) is 11.1 Å². The van der Waals surface area contributed by atoms with Gasteiger partial charge in [-0.25, -0.2) is 14.6 Å². The second-order valence-corrected chi connectivity index (χ2v) is 10.1. The minimum absolute atomic E-state index is 0.0456. The lowest BCUT2D eigenvalue weighted by Gasteiger charge is -2.16. The summed E-state index contributed by atoms with van der Waals surface area (Å²) in [6.07, 6.45) is -1.55. The van der Waals surface area contributed by atoms with Gasteiger partial charge in [0.05, 0.1) is 15.3 Å². The lowest BCUT2D eigenvalue weighted by Crippen LogP contribution is -2.44. The molecule has 0 unspecified atom stereocenters. The summed E-state index contributed by atoms with van der Waals surface area (Å²) in [5, 5.41) is 47.8. The van der Waals surface area contributed by atoms with E-state index in [1.807, 2.05) is 0 Å². The van der Waals surface area contributed by atoms with Gasteiger partial charge >= 0.3 is 17.9 Å². The third-order valence-electron chi connectivity index (χ3n) is 5.33. The molecule has 3 aromatic rings. The van der Waals surface area contributed by atoms with Crippen molar-refractivity contribution in [3.05, 3.63) is 28.0 Å². The van der Waals surface area contributed by atoms with E-state index in [2.05, 4.69) is 25.9 Å². The Kier molecular flexibility index (Phi) is 9.56. The molecule has 3 aromatic heterocycles. The van der Waals surface area contributed by atoms with Crippen molar-refractivity contribution >= 4 is 73.6 Å². The Morgan fingerprint density at radius 2 is 1.62 bits per heavy atom. The highest BCUT2D eigenvalue weighted by Crippen LogP contribution is 2.32. The molecule has 208 valence electrons. The first-order valence-corrected chi connectivity index (χ1v) is 13.0. The van der Waals surface area contributed by atoms with E-state index in [-0.39, 0.29) is 36.1 Å². The van der Waals surface area contributed by atoms with Crippen molar-refractivity contribution in [1.82, 2.24) is 20.6 Å². The number of aromatic nitrogens is 2. The number of carboxylic acids is 3. The molecular formula is C22H24N6O9S2. The van der Waals surface area contributed by atoms with E-state index >= 15 is 0 Å². The van der Waals surface area contributed by atoms with E-state index in [0.29, 0.717) is 20.8 Å². The van der Waals surface area contributed by atoms with Crippen LogP contribution >= 0.6 is 22.7 Å². The maximum absolute atomic E-state index is 12.6. The number of thiophene rings is 2. The van der Waals surface area contributed by atoms with Gasteiger partial charge in [0.15, 0.2) is 0 Å². The number of nitrogens with zero attached hydrogens (tertiary/aromatic N) is 2. The molecule has 0 bridgehead atoms. The van der Waals surface area contributed by atoms with Crippen molar-refractivity contribution in [2.24, 2.45) is 0 Å². The molecule has 3 rings (SSSR count). The molecule has 0 spiro atoms. The fraction of sp³-hybridized carbons (Fsp3) is 0.318. The van der Waals surface area contributed by atoms with Crippen LogP contribution in [0.3, 0.4) is 0 Å². The summed E-state index contributed by atoms with van der Waals surface area (Å²) in [7, 11) is 0. The van der Waals surface area contributed by atoms with Gasteiger partial charge in [-0.05, 0) is 35.9 Å². The number of nitrogen functional groups attached to an aromatic ring is 1. The van der Waals surface area contributed by atoms with Gasteiger partial charge in [0.25, 0.3) is 5.91 Å². The van der Waals surface area contributed by atoms with E-state index in [1.54, 1.807) is 11.4 Å². The number of hydrogen-bond donors (Lipinski definition) is 8. The molecule has 2 atom stereocenters. The van der Waals surface area contributed by atoms with E-state index < -0.39 is 54.6 Å². The Labute approximate surface area is 227 Å². The molecule has 0 aliphatic heterocycles. The predicted molar refractivity (Wildman–Crippen MR) is 140 cm³/mol. The molecule has 0 radical (unpaired) electrons. The van der Waals surface area contributed by atoms with Crippen LogP contribution < -0.4 is 21.7 Å². The molecule has 0 aliphatic carbocycles. The standard InChI is InChI=1S/C22H24N6O9S2/c23-22-27-18(33)16-9(8-38-19(16)28-22)7-24-14-5-3-12(39-14)17(32)26-11(21(36)37)1-4-13(29)25-10(20(34)35)2-6-15(30)31/h3,5,8,10-11,24H,1-2,4,6-7H2,(H,25,29)(H,26,32)(H,30,31)(H,34,35)(H,36,37)(H3,23,27,28,33)/t10-,11-/m0/s1. The minimum Gasteiger partial charge on any atom is -0.493 e. The van der Waals surface area contributed by atoms with Crippen LogP contribution in [0.1, 0.15) is 40.9 Å². The Morgan fingerprint density at radius 1 is 0.949 bits per heavy atom. The third kappa shape index (κ3) is 7.99. The van der Waals surface area contributed by atoms with Crippen LogP contribution in [-0.4, -0.2) is 72.2 Å². The average Bonchev–Trinajstić information content (AvgIpc) is 3.49. The number of carbonyl (C=O) groups excluding carboxylic acids is 2. The number of nitrogens with two attached hydrogens (primary N) is 1. The van der Waals surface area contributed by atoms with E-state index in [9.17, 15) is 34.2 Å². The molecule has 9 N–H and O–H groups in total. The Balaban J connectivity index is 1.54. The van der Waals surface area contributed by atoms with E-state index in [1.165, 1.54) is 17.4 Å². The molecule has 0 aromatic carbocycles. The van der Waals surface area contributed by atoms with Crippen LogP contribution in [0.25, 0.3) is 10.2 Å². The van der Waals surface area contributed by atoms with Gasteiger partial charge in [-0.3, -0.25) is 14.4 Å². The summed E-state index contributed by atoms with van der Waals surface area (Å²) in [5.41, 5.74) is 6.26. The van der Waals surface area contributed by atoms with Crippen molar-refractivity contribution < 1.29 is 44.4 Å². The quantitative estimate of drug-likeness (QED) is 0.133. The van der Waals surface area contributed by atoms with Crippen LogP contribution in [0.5, 0.6) is 5.88 Å². The van der Waals surface area contributed by atoms with E-state index in [0.717, 1.165) is 11.3 Å². The molecule has 15 nitrogen and oxygen atoms in total. The topological polar surface area (TPSA) is 254 Å². The molecule has 3 heterocycles. The third-order valence-corrected chi connectivity index (χ3v) is 7.30. The summed E-state index contributed by atoms with van der Waals surface area (Å²) in [5.74, 6) is -5.81. The Bertz CT molecular complexity index is 1410. The first-order valence-electron chi connectivity index (χ1n) is 11.3. The molecule has 0 aliphatic rings. The highest BCUT2D eigenvalue weighted by Gasteiger charge is 2.25. The number of aromatic hydroxyl groups is 1. The normalized spacial score (nSPS) is 12.4. The zero-order chi connectivity index (χ0) is 28.7. The number of fused-ring (bicyclic) bond motifs is 1. The predicted octanol–water partition coefficient (Wildman–Crippen LogP) is 1.05. The summed E-state index contributed by atoms with van der Waals surface area (Å²) in [6.45, 7) is 0.277. The van der Waals surface area contributed by atoms with Crippen LogP contribution in [0.15, 0.2) is 17.5 Å². The monoisotopic (exact) mass is 580 g/mol. The first-order chi connectivity index (χ1) is 18.4. The summed E-state index contributed by atoms with van der Waals surface area (Å²) >= 11 is 2.34. The van der Waals surface area contributed by atoms with Crippen LogP contribution in [0.4, 0.5) is 10.9 Å². The van der Waals surface area contributed by atoms with Gasteiger partial charge in [0.1, 0.15) is 16.9 Å². The zero-order valence-corrected chi connectivity index (χ0v) is 21.7. The lowest BCUT2D eigenvalue weighted by molar-refractivity contribution is -0.143. The van der Waals surface area contributed by atoms with Gasteiger partial charge in [0.2, 0.25) is 17.7 Å². The van der Waals surface area contributed by atoms with Crippen molar-refractivity contribution in [1.29, 1.82) is 0 Å². The van der Waals surface area contributed by atoms with Gasteiger partial charge in [-0.1, -0.05) is 0 Å². The fourth-order valence-electron chi connectivity index (χ4n) is 3.42. The zero-order valence-electron chi connectivity index (χ0n) is 20.0. The summed E-state index contributed by atoms with van der Waals surface area (Å²) in [4.78, 5) is 66.8. The summed E-state index contributed by atoms with van der Waals surface area (Å²) < 4.78 is 0. The van der Waals surface area contributed by atoms with Gasteiger partial charge in [-0.2, -0.15) is 4.98 Å². The molecule has 2 amide bonds. The number of hydrogen-bond acceptors (Lipinski definition) is 12. The molecule has 17 heteroatoms. The second-order valence-electron chi connectivity index (χ2n) is 8.16. The first kappa shape index (κ1) is 29.1. The highest BCUT2D eigenvalue weighted by molar-refractivity contribution is 7.18. The highest BCUT2D eigenvalue weighted by atomic mass is 32.1. The number of anilines is 2. The second kappa shape index (κ2) is 12.8. The number of aliphatic carboxylic acids is 3. The number of rotatable bonds is 14. The number of carbonyl (C=O) groups is 5. The number of nitrogens with one attached hydrogen (secondary N) is 3. The minimum atomic E-state index is -1.44. The van der Waals surface area contributed by atoms with Crippen LogP contribution in [-0.2, 0) is 25.7 Å². The smallest absolute Gasteiger partial charge is 0.326 e. The van der Waals surface area contributed by atoms with Crippen LogP contribution in [0.2, 0.25) is 0 Å². The molecular weight excluding hydrogens is 556 g/mol. The van der Waals surface area contributed by atoms with Gasteiger partial charge in [0, 0.05) is 19.4 Å². The Morgan fingerprint density at radius 3 is 2.28 bits per heavy atom.